The Bertz CT molecular complexity index is 707. The number of hydrogen-bond donors (Lipinski definition) is 2. The van der Waals surface area contributed by atoms with Crippen molar-refractivity contribution in [2.45, 2.75) is 46.1 Å². The molecule has 1 saturated carbocycles. The van der Waals surface area contributed by atoms with Gasteiger partial charge >= 0.3 is 5.97 Å². The van der Waals surface area contributed by atoms with Crippen LogP contribution in [0.25, 0.3) is 0 Å². The monoisotopic (exact) mass is 402 g/mol. The van der Waals surface area contributed by atoms with Crippen LogP contribution in [0.15, 0.2) is 29.3 Å². The molecule has 0 radical (unpaired) electrons. The lowest BCUT2D eigenvalue weighted by atomic mass is 9.84. The van der Waals surface area contributed by atoms with Crippen LogP contribution in [0.4, 0.5) is 0 Å². The molecule has 7 heteroatoms. The van der Waals surface area contributed by atoms with E-state index in [1.807, 2.05) is 33.2 Å². The number of carbonyl (C=O) groups excluding carboxylic acids is 2. The minimum Gasteiger partial charge on any atom is -0.462 e. The number of aliphatic imine (C=N–C) groups is 1. The number of rotatable bonds is 8. The number of nitrogens with one attached hydrogen (secondary N) is 2. The van der Waals surface area contributed by atoms with Crippen molar-refractivity contribution in [1.29, 1.82) is 0 Å². The Kier molecular flexibility index (Phi) is 8.49. The van der Waals surface area contributed by atoms with Crippen molar-refractivity contribution in [2.24, 2.45) is 10.4 Å². The van der Waals surface area contributed by atoms with Crippen LogP contribution >= 0.6 is 0 Å². The molecule has 0 aromatic heterocycles. The summed E-state index contributed by atoms with van der Waals surface area (Å²) in [6, 6.07) is 7.28. The summed E-state index contributed by atoms with van der Waals surface area (Å²) in [7, 11) is 3.64. The molecule has 0 aliphatic heterocycles. The maximum Gasteiger partial charge on any atom is 0.338 e. The van der Waals surface area contributed by atoms with Crippen LogP contribution in [-0.4, -0.2) is 56.5 Å². The molecule has 7 nitrogen and oxygen atoms in total. The molecule has 0 saturated heterocycles. The second kappa shape index (κ2) is 10.8. The van der Waals surface area contributed by atoms with Gasteiger partial charge in [0, 0.05) is 27.2 Å². The van der Waals surface area contributed by atoms with Gasteiger partial charge in [-0.1, -0.05) is 25.0 Å². The molecule has 1 aromatic rings. The maximum absolute atomic E-state index is 12.7. The minimum atomic E-state index is -0.346. The van der Waals surface area contributed by atoms with Crippen molar-refractivity contribution < 1.29 is 14.3 Å². The fraction of sp³-hybridized carbons (Fsp3) is 0.591. The summed E-state index contributed by atoms with van der Waals surface area (Å²) >= 11 is 0. The van der Waals surface area contributed by atoms with Gasteiger partial charge in [-0.05, 0) is 44.4 Å². The predicted molar refractivity (Wildman–Crippen MR) is 115 cm³/mol. The fourth-order valence-electron chi connectivity index (χ4n) is 3.72. The zero-order valence-corrected chi connectivity index (χ0v) is 18.1. The van der Waals surface area contributed by atoms with E-state index in [1.54, 1.807) is 24.0 Å². The standard InChI is InChI=1S/C22H34N4O3/c1-5-23-21(25-16-22(13-7-8-14-22)20(28)26(3)4)24-15-17-9-11-18(12-10-17)19(27)29-6-2/h9-12H,5-8,13-16H2,1-4H3,(H2,23,24,25). The molecular formula is C22H34N4O3. The van der Waals surface area contributed by atoms with E-state index in [4.69, 9.17) is 4.74 Å². The first kappa shape index (κ1) is 22.7. The van der Waals surface area contributed by atoms with Gasteiger partial charge in [-0.2, -0.15) is 0 Å². The first-order valence-electron chi connectivity index (χ1n) is 10.4. The Morgan fingerprint density at radius 2 is 1.76 bits per heavy atom. The van der Waals surface area contributed by atoms with Crippen molar-refractivity contribution >= 4 is 17.8 Å². The normalized spacial score (nSPS) is 15.7. The first-order chi connectivity index (χ1) is 13.9. The summed E-state index contributed by atoms with van der Waals surface area (Å²) < 4.78 is 5.01. The topological polar surface area (TPSA) is 83.0 Å². The molecule has 0 bridgehead atoms. The quantitative estimate of drug-likeness (QED) is 0.397. The third kappa shape index (κ3) is 6.21. The van der Waals surface area contributed by atoms with Gasteiger partial charge in [-0.25, -0.2) is 9.79 Å². The molecule has 1 amide bonds. The van der Waals surface area contributed by atoms with Gasteiger partial charge in [0.05, 0.1) is 24.1 Å². The first-order valence-corrected chi connectivity index (χ1v) is 10.4. The number of esters is 1. The SMILES string of the molecule is CCNC(=NCc1ccc(C(=O)OCC)cc1)NCC1(C(=O)N(C)C)CCCC1. The predicted octanol–water partition coefficient (Wildman–Crippen LogP) is 2.57. The lowest BCUT2D eigenvalue weighted by Gasteiger charge is -2.31. The van der Waals surface area contributed by atoms with Gasteiger partial charge in [0.2, 0.25) is 5.91 Å². The number of amides is 1. The van der Waals surface area contributed by atoms with Gasteiger partial charge in [0.15, 0.2) is 5.96 Å². The third-order valence-corrected chi connectivity index (χ3v) is 5.24. The van der Waals surface area contributed by atoms with E-state index in [2.05, 4.69) is 15.6 Å². The van der Waals surface area contributed by atoms with Gasteiger partial charge < -0.3 is 20.3 Å². The average Bonchev–Trinajstić information content (AvgIpc) is 3.20. The zero-order valence-electron chi connectivity index (χ0n) is 18.1. The second-order valence-corrected chi connectivity index (χ2v) is 7.65. The smallest absolute Gasteiger partial charge is 0.338 e. The Morgan fingerprint density at radius 1 is 1.10 bits per heavy atom. The Hall–Kier alpha value is -2.57. The zero-order chi connectivity index (χ0) is 21.3. The van der Waals surface area contributed by atoms with Crippen LogP contribution in [0.2, 0.25) is 0 Å². The molecule has 1 aromatic carbocycles. The Morgan fingerprint density at radius 3 is 2.31 bits per heavy atom. The molecule has 1 aliphatic rings. The highest BCUT2D eigenvalue weighted by Crippen LogP contribution is 2.38. The lowest BCUT2D eigenvalue weighted by Crippen LogP contribution is -2.49. The van der Waals surface area contributed by atoms with Crippen LogP contribution in [0.5, 0.6) is 0 Å². The van der Waals surface area contributed by atoms with Crippen LogP contribution in [0.3, 0.4) is 0 Å². The average molecular weight is 403 g/mol. The van der Waals surface area contributed by atoms with Crippen LogP contribution in [0.1, 0.15) is 55.5 Å². The van der Waals surface area contributed by atoms with E-state index in [0.717, 1.165) is 37.8 Å². The number of benzene rings is 1. The molecule has 0 spiro atoms. The largest absolute Gasteiger partial charge is 0.462 e. The highest BCUT2D eigenvalue weighted by atomic mass is 16.5. The number of nitrogens with zero attached hydrogens (tertiary/aromatic N) is 2. The van der Waals surface area contributed by atoms with Crippen molar-refractivity contribution in [2.75, 3.05) is 33.8 Å². The summed E-state index contributed by atoms with van der Waals surface area (Å²) in [5.41, 5.74) is 1.19. The number of hydrogen-bond acceptors (Lipinski definition) is 4. The molecule has 0 unspecified atom stereocenters. The molecule has 2 N–H and O–H groups in total. The van der Waals surface area contributed by atoms with Crippen molar-refractivity contribution in [3.8, 4) is 0 Å². The molecule has 0 heterocycles. The van der Waals surface area contributed by atoms with Gasteiger partial charge in [0.25, 0.3) is 0 Å². The third-order valence-electron chi connectivity index (χ3n) is 5.24. The summed E-state index contributed by atoms with van der Waals surface area (Å²) in [4.78, 5) is 30.8. The Balaban J connectivity index is 2.02. The molecule has 160 valence electrons. The van der Waals surface area contributed by atoms with Gasteiger partial charge in [0.1, 0.15) is 0 Å². The summed E-state index contributed by atoms with van der Waals surface area (Å²) in [5, 5.41) is 6.62. The van der Waals surface area contributed by atoms with E-state index in [0.29, 0.717) is 31.2 Å². The van der Waals surface area contributed by atoms with Crippen LogP contribution in [0, 0.1) is 5.41 Å². The van der Waals surface area contributed by atoms with E-state index in [9.17, 15) is 9.59 Å². The molecule has 0 atom stereocenters. The second-order valence-electron chi connectivity index (χ2n) is 7.65. The van der Waals surface area contributed by atoms with E-state index < -0.39 is 0 Å². The molecule has 1 fully saturated rings. The molecular weight excluding hydrogens is 368 g/mol. The fourth-order valence-corrected chi connectivity index (χ4v) is 3.72. The van der Waals surface area contributed by atoms with Crippen LogP contribution < -0.4 is 10.6 Å². The molecule has 1 aliphatic carbocycles. The lowest BCUT2D eigenvalue weighted by molar-refractivity contribution is -0.138. The Labute approximate surface area is 173 Å². The van der Waals surface area contributed by atoms with Crippen LogP contribution in [-0.2, 0) is 16.1 Å². The van der Waals surface area contributed by atoms with Gasteiger partial charge in [-0.3, -0.25) is 4.79 Å². The number of guanidine groups is 1. The van der Waals surface area contributed by atoms with E-state index >= 15 is 0 Å². The summed E-state index contributed by atoms with van der Waals surface area (Å²) in [5.74, 6) is 0.567. The summed E-state index contributed by atoms with van der Waals surface area (Å²) in [6.07, 6.45) is 3.99. The van der Waals surface area contributed by atoms with Crippen molar-refractivity contribution in [3.05, 3.63) is 35.4 Å². The van der Waals surface area contributed by atoms with Crippen molar-refractivity contribution in [1.82, 2.24) is 15.5 Å². The maximum atomic E-state index is 12.7. The highest BCUT2D eigenvalue weighted by molar-refractivity contribution is 5.89. The minimum absolute atomic E-state index is 0.188. The highest BCUT2D eigenvalue weighted by Gasteiger charge is 2.42. The number of carbonyl (C=O) groups is 2. The van der Waals surface area contributed by atoms with E-state index in [-0.39, 0.29) is 17.3 Å². The summed E-state index contributed by atoms with van der Waals surface area (Å²) in [6.45, 7) is 5.97. The molecule has 2 rings (SSSR count). The number of ether oxygens (including phenoxy) is 1. The van der Waals surface area contributed by atoms with Crippen molar-refractivity contribution in [3.63, 3.8) is 0 Å². The van der Waals surface area contributed by atoms with E-state index in [1.165, 1.54) is 0 Å². The van der Waals surface area contributed by atoms with Gasteiger partial charge in [-0.15, -0.1) is 0 Å². The molecule has 29 heavy (non-hydrogen) atoms.